The summed E-state index contributed by atoms with van der Waals surface area (Å²) in [7, 11) is 0. The number of para-hydroxylation sites is 2. The number of hydrogen-bond acceptors (Lipinski definition) is 0. The SMILES string of the molecule is Cc1ccccc1.c1ccc(-c2ccc(-n3c4ccccc4c4cc5cc6c(ccn6-c6ccccc6)cc5cc43)cc2)cc1. The van der Waals surface area contributed by atoms with Gasteiger partial charge in [0.15, 0.2) is 0 Å². The zero-order chi connectivity index (χ0) is 30.2. The van der Waals surface area contributed by atoms with E-state index in [1.165, 1.54) is 71.5 Å². The van der Waals surface area contributed by atoms with Crippen LogP contribution in [0.4, 0.5) is 0 Å². The maximum absolute atomic E-state index is 2.40. The Morgan fingerprint density at radius 2 is 0.978 bits per heavy atom. The lowest BCUT2D eigenvalue weighted by Gasteiger charge is -2.10. The number of rotatable bonds is 3. The molecule has 0 aliphatic heterocycles. The van der Waals surface area contributed by atoms with Crippen LogP contribution in [0.2, 0.25) is 0 Å². The van der Waals surface area contributed by atoms with Gasteiger partial charge in [0.2, 0.25) is 0 Å². The molecular formula is C43H32N2. The zero-order valence-electron chi connectivity index (χ0n) is 25.1. The van der Waals surface area contributed by atoms with E-state index in [4.69, 9.17) is 0 Å². The molecule has 2 nitrogen and oxygen atoms in total. The lowest BCUT2D eigenvalue weighted by molar-refractivity contribution is 1.13. The summed E-state index contributed by atoms with van der Waals surface area (Å²) in [4.78, 5) is 0. The van der Waals surface area contributed by atoms with Gasteiger partial charge in [-0.2, -0.15) is 0 Å². The number of hydrogen-bond donors (Lipinski definition) is 0. The van der Waals surface area contributed by atoms with Crippen LogP contribution in [-0.4, -0.2) is 9.13 Å². The Hall–Kier alpha value is -5.86. The van der Waals surface area contributed by atoms with Crippen molar-refractivity contribution in [3.8, 4) is 22.5 Å². The van der Waals surface area contributed by atoms with E-state index in [1.807, 2.05) is 18.2 Å². The summed E-state index contributed by atoms with van der Waals surface area (Å²) in [6.45, 7) is 2.08. The van der Waals surface area contributed by atoms with Gasteiger partial charge in [-0.15, -0.1) is 0 Å². The highest BCUT2D eigenvalue weighted by atomic mass is 15.0. The average Bonchev–Trinajstić information content (AvgIpc) is 3.66. The lowest BCUT2D eigenvalue weighted by Crippen LogP contribution is -1.94. The average molecular weight is 577 g/mol. The summed E-state index contributed by atoms with van der Waals surface area (Å²) < 4.78 is 4.68. The van der Waals surface area contributed by atoms with Crippen molar-refractivity contribution in [3.63, 3.8) is 0 Å². The Balaban J connectivity index is 0.000000382. The lowest BCUT2D eigenvalue weighted by atomic mass is 10.0. The second-order valence-corrected chi connectivity index (χ2v) is 11.6. The standard InChI is InChI=1S/C36H24N2.C7H8/c1-3-9-25(10-4-1)26-15-17-31(18-16-26)38-34-14-8-7-13-32(34)33-22-29-23-35-27(21-28(29)24-36(33)38)19-20-37(35)30-11-5-2-6-12-30;1-7-5-3-2-4-6-7/h1-24H;2-6H,1H3. The van der Waals surface area contributed by atoms with Crippen LogP contribution in [-0.2, 0) is 0 Å². The fraction of sp³-hybridized carbons (Fsp3) is 0.0233. The highest BCUT2D eigenvalue weighted by Crippen LogP contribution is 2.37. The Labute approximate surface area is 263 Å². The largest absolute Gasteiger partial charge is 0.317 e. The molecule has 2 heterocycles. The number of aryl methyl sites for hydroxylation is 1. The summed E-state index contributed by atoms with van der Waals surface area (Å²) in [5, 5.41) is 6.30. The summed E-state index contributed by atoms with van der Waals surface area (Å²) in [5.74, 6) is 0. The minimum Gasteiger partial charge on any atom is -0.317 e. The maximum Gasteiger partial charge on any atom is 0.0547 e. The van der Waals surface area contributed by atoms with Crippen molar-refractivity contribution < 1.29 is 0 Å². The van der Waals surface area contributed by atoms with E-state index in [1.54, 1.807) is 0 Å². The van der Waals surface area contributed by atoms with E-state index in [-0.39, 0.29) is 0 Å². The second kappa shape index (κ2) is 11.3. The molecule has 0 saturated carbocycles. The summed E-state index contributed by atoms with van der Waals surface area (Å²) >= 11 is 0. The van der Waals surface area contributed by atoms with Crippen LogP contribution in [0.15, 0.2) is 176 Å². The molecule has 214 valence electrons. The molecular weight excluding hydrogens is 544 g/mol. The third kappa shape index (κ3) is 4.97. The predicted molar refractivity (Wildman–Crippen MR) is 192 cm³/mol. The molecule has 9 rings (SSSR count). The van der Waals surface area contributed by atoms with Gasteiger partial charge in [0.1, 0.15) is 0 Å². The van der Waals surface area contributed by atoms with E-state index >= 15 is 0 Å². The van der Waals surface area contributed by atoms with Crippen molar-refractivity contribution in [1.29, 1.82) is 0 Å². The Kier molecular flexibility index (Phi) is 6.73. The highest BCUT2D eigenvalue weighted by molar-refractivity contribution is 6.15. The molecule has 0 unspecified atom stereocenters. The van der Waals surface area contributed by atoms with Crippen LogP contribution in [0.3, 0.4) is 0 Å². The molecule has 2 aromatic heterocycles. The van der Waals surface area contributed by atoms with Crippen LogP contribution in [0.1, 0.15) is 5.56 Å². The maximum atomic E-state index is 2.40. The smallest absolute Gasteiger partial charge is 0.0547 e. The van der Waals surface area contributed by atoms with Crippen molar-refractivity contribution in [2.24, 2.45) is 0 Å². The summed E-state index contributed by atoms with van der Waals surface area (Å²) in [6, 6.07) is 60.6. The van der Waals surface area contributed by atoms with Gasteiger partial charge >= 0.3 is 0 Å². The molecule has 0 aliphatic carbocycles. The first-order chi connectivity index (χ1) is 22.2. The van der Waals surface area contributed by atoms with Gasteiger partial charge in [0, 0.05) is 33.7 Å². The minimum absolute atomic E-state index is 1.17. The summed E-state index contributed by atoms with van der Waals surface area (Å²) in [6.07, 6.45) is 2.17. The van der Waals surface area contributed by atoms with Crippen molar-refractivity contribution in [3.05, 3.63) is 182 Å². The van der Waals surface area contributed by atoms with Gasteiger partial charge in [-0.05, 0) is 89.5 Å². The van der Waals surface area contributed by atoms with Gasteiger partial charge in [-0.1, -0.05) is 115 Å². The van der Waals surface area contributed by atoms with Crippen LogP contribution in [0, 0.1) is 6.92 Å². The molecule has 2 heteroatoms. The number of benzene rings is 7. The quantitative estimate of drug-likeness (QED) is 0.198. The third-order valence-corrected chi connectivity index (χ3v) is 8.65. The first kappa shape index (κ1) is 26.7. The molecule has 0 fully saturated rings. The molecule has 9 aromatic rings. The van der Waals surface area contributed by atoms with E-state index < -0.39 is 0 Å². The van der Waals surface area contributed by atoms with Crippen LogP contribution in [0.5, 0.6) is 0 Å². The minimum atomic E-state index is 1.17. The molecule has 0 N–H and O–H groups in total. The Bertz CT molecular complexity index is 2400. The van der Waals surface area contributed by atoms with E-state index in [0.29, 0.717) is 0 Å². The molecule has 0 radical (unpaired) electrons. The first-order valence-corrected chi connectivity index (χ1v) is 15.4. The number of aromatic nitrogens is 2. The van der Waals surface area contributed by atoms with Crippen molar-refractivity contribution in [1.82, 2.24) is 9.13 Å². The third-order valence-electron chi connectivity index (χ3n) is 8.65. The second-order valence-electron chi connectivity index (χ2n) is 11.6. The molecule has 0 spiro atoms. The fourth-order valence-electron chi connectivity index (χ4n) is 6.41. The molecule has 0 saturated heterocycles. The van der Waals surface area contributed by atoms with Crippen molar-refractivity contribution in [2.75, 3.05) is 0 Å². The first-order valence-electron chi connectivity index (χ1n) is 15.4. The molecule has 7 aromatic carbocycles. The van der Waals surface area contributed by atoms with E-state index in [2.05, 4.69) is 174 Å². The van der Waals surface area contributed by atoms with Crippen LogP contribution < -0.4 is 0 Å². The topological polar surface area (TPSA) is 9.86 Å². The van der Waals surface area contributed by atoms with Crippen molar-refractivity contribution in [2.45, 2.75) is 6.92 Å². The fourth-order valence-corrected chi connectivity index (χ4v) is 6.41. The summed E-state index contributed by atoms with van der Waals surface area (Å²) in [5.41, 5.74) is 9.82. The molecule has 0 aliphatic rings. The van der Waals surface area contributed by atoms with Gasteiger partial charge < -0.3 is 9.13 Å². The van der Waals surface area contributed by atoms with E-state index in [0.717, 1.165) is 0 Å². The van der Waals surface area contributed by atoms with Crippen molar-refractivity contribution >= 4 is 43.5 Å². The molecule has 45 heavy (non-hydrogen) atoms. The van der Waals surface area contributed by atoms with Gasteiger partial charge in [0.25, 0.3) is 0 Å². The molecule has 0 amide bonds. The molecule has 0 bridgehead atoms. The van der Waals surface area contributed by atoms with Gasteiger partial charge in [0.05, 0.1) is 16.6 Å². The normalized spacial score (nSPS) is 11.2. The van der Waals surface area contributed by atoms with Crippen LogP contribution in [0.25, 0.3) is 66.0 Å². The molecule has 0 atom stereocenters. The monoisotopic (exact) mass is 576 g/mol. The number of fused-ring (bicyclic) bond motifs is 5. The van der Waals surface area contributed by atoms with Gasteiger partial charge in [-0.25, -0.2) is 0 Å². The zero-order valence-corrected chi connectivity index (χ0v) is 25.1. The van der Waals surface area contributed by atoms with Gasteiger partial charge in [-0.3, -0.25) is 0 Å². The van der Waals surface area contributed by atoms with Crippen LogP contribution >= 0.6 is 0 Å². The number of nitrogens with zero attached hydrogens (tertiary/aromatic N) is 2. The Morgan fingerprint density at radius 3 is 1.69 bits per heavy atom. The Morgan fingerprint density at radius 1 is 0.378 bits per heavy atom. The van der Waals surface area contributed by atoms with E-state index in [9.17, 15) is 0 Å². The highest BCUT2D eigenvalue weighted by Gasteiger charge is 2.14. The predicted octanol–water partition coefficient (Wildman–Crippen LogP) is 11.5.